The van der Waals surface area contributed by atoms with Crippen molar-refractivity contribution in [2.45, 2.75) is 38.6 Å². The maximum absolute atomic E-state index is 11.4. The van der Waals surface area contributed by atoms with Gasteiger partial charge in [0, 0.05) is 13.0 Å². The Labute approximate surface area is 84.0 Å². The molecule has 1 aliphatic rings. The normalized spacial score (nSPS) is 26.7. The SMILES string of the molecule is COC(=O)[C@@H]1CCCC[C@H]1NC(C)=O. The molecular weight excluding hydrogens is 182 g/mol. The molecule has 4 heteroatoms. The molecule has 0 heterocycles. The van der Waals surface area contributed by atoms with Gasteiger partial charge in [0.25, 0.3) is 0 Å². The minimum absolute atomic E-state index is 0.0336. The van der Waals surface area contributed by atoms with Crippen molar-refractivity contribution in [3.8, 4) is 0 Å². The third kappa shape index (κ3) is 2.72. The molecule has 1 rings (SSSR count). The molecule has 1 aliphatic carbocycles. The van der Waals surface area contributed by atoms with E-state index in [9.17, 15) is 9.59 Å². The lowest BCUT2D eigenvalue weighted by Gasteiger charge is -2.29. The van der Waals surface area contributed by atoms with Gasteiger partial charge in [-0.3, -0.25) is 9.59 Å². The van der Waals surface area contributed by atoms with Gasteiger partial charge in [0.1, 0.15) is 0 Å². The molecule has 0 radical (unpaired) electrons. The van der Waals surface area contributed by atoms with E-state index in [0.29, 0.717) is 0 Å². The Kier molecular flexibility index (Phi) is 3.92. The first kappa shape index (κ1) is 11.0. The van der Waals surface area contributed by atoms with Gasteiger partial charge in [0.2, 0.25) is 5.91 Å². The number of carbonyl (C=O) groups excluding carboxylic acids is 2. The minimum Gasteiger partial charge on any atom is -0.469 e. The van der Waals surface area contributed by atoms with Gasteiger partial charge < -0.3 is 10.1 Å². The average molecular weight is 199 g/mol. The summed E-state index contributed by atoms with van der Waals surface area (Å²) < 4.78 is 4.71. The summed E-state index contributed by atoms with van der Waals surface area (Å²) in [6.07, 6.45) is 3.80. The van der Waals surface area contributed by atoms with Crippen molar-refractivity contribution >= 4 is 11.9 Å². The predicted molar refractivity (Wildman–Crippen MR) is 51.6 cm³/mol. The first-order valence-electron chi connectivity index (χ1n) is 5.00. The maximum atomic E-state index is 11.4. The molecule has 1 amide bonds. The van der Waals surface area contributed by atoms with Crippen molar-refractivity contribution in [2.75, 3.05) is 7.11 Å². The third-order valence-electron chi connectivity index (χ3n) is 2.66. The molecule has 0 aromatic carbocycles. The van der Waals surface area contributed by atoms with E-state index in [1.807, 2.05) is 0 Å². The summed E-state index contributed by atoms with van der Waals surface area (Å²) in [5, 5.41) is 2.81. The van der Waals surface area contributed by atoms with Crippen LogP contribution < -0.4 is 5.32 Å². The van der Waals surface area contributed by atoms with Gasteiger partial charge in [0.15, 0.2) is 0 Å². The van der Waals surface area contributed by atoms with E-state index >= 15 is 0 Å². The number of hydrogen-bond acceptors (Lipinski definition) is 3. The van der Waals surface area contributed by atoms with Crippen LogP contribution in [0.5, 0.6) is 0 Å². The van der Waals surface area contributed by atoms with Crippen LogP contribution in [-0.4, -0.2) is 25.0 Å². The molecule has 0 saturated heterocycles. The minimum atomic E-state index is -0.205. The van der Waals surface area contributed by atoms with Gasteiger partial charge >= 0.3 is 5.97 Å². The van der Waals surface area contributed by atoms with Crippen molar-refractivity contribution < 1.29 is 14.3 Å². The van der Waals surface area contributed by atoms with Crippen LogP contribution in [0.4, 0.5) is 0 Å². The number of carbonyl (C=O) groups is 2. The van der Waals surface area contributed by atoms with E-state index in [0.717, 1.165) is 25.7 Å². The molecule has 0 unspecified atom stereocenters. The summed E-state index contributed by atoms with van der Waals surface area (Å²) in [5.74, 6) is -0.438. The summed E-state index contributed by atoms with van der Waals surface area (Å²) >= 11 is 0. The van der Waals surface area contributed by atoms with Gasteiger partial charge in [-0.15, -0.1) is 0 Å². The molecule has 4 nitrogen and oxygen atoms in total. The average Bonchev–Trinajstić information content (AvgIpc) is 2.16. The van der Waals surface area contributed by atoms with Gasteiger partial charge in [-0.1, -0.05) is 12.8 Å². The molecule has 0 spiro atoms. The highest BCUT2D eigenvalue weighted by molar-refractivity contribution is 5.77. The van der Waals surface area contributed by atoms with Crippen LogP contribution in [0, 0.1) is 5.92 Å². The molecule has 0 aliphatic heterocycles. The van der Waals surface area contributed by atoms with Crippen molar-refractivity contribution in [1.82, 2.24) is 5.32 Å². The van der Waals surface area contributed by atoms with Gasteiger partial charge in [0.05, 0.1) is 13.0 Å². The van der Waals surface area contributed by atoms with Crippen LogP contribution in [-0.2, 0) is 14.3 Å². The number of hydrogen-bond donors (Lipinski definition) is 1. The summed E-state index contributed by atoms with van der Waals surface area (Å²) in [4.78, 5) is 22.3. The standard InChI is InChI=1S/C10H17NO3/c1-7(12)11-9-6-4-3-5-8(9)10(13)14-2/h8-9H,3-6H2,1-2H3,(H,11,12)/t8-,9-/m1/s1. The Morgan fingerprint density at radius 3 is 2.50 bits per heavy atom. The molecule has 0 bridgehead atoms. The molecule has 2 atom stereocenters. The second kappa shape index (κ2) is 4.98. The van der Waals surface area contributed by atoms with E-state index in [2.05, 4.69) is 5.32 Å². The monoisotopic (exact) mass is 199 g/mol. The van der Waals surface area contributed by atoms with Gasteiger partial charge in [-0.2, -0.15) is 0 Å². The fourth-order valence-electron chi connectivity index (χ4n) is 2.00. The smallest absolute Gasteiger partial charge is 0.310 e. The third-order valence-corrected chi connectivity index (χ3v) is 2.66. The van der Waals surface area contributed by atoms with Crippen molar-refractivity contribution in [2.24, 2.45) is 5.92 Å². The fraction of sp³-hybridized carbons (Fsp3) is 0.800. The zero-order chi connectivity index (χ0) is 10.6. The predicted octanol–water partition coefficient (Wildman–Crippen LogP) is 0.854. The summed E-state index contributed by atoms with van der Waals surface area (Å²) in [7, 11) is 1.39. The molecule has 1 saturated carbocycles. The first-order chi connectivity index (χ1) is 6.65. The quantitative estimate of drug-likeness (QED) is 0.671. The van der Waals surface area contributed by atoms with Crippen LogP contribution in [0.15, 0.2) is 0 Å². The number of nitrogens with one attached hydrogen (secondary N) is 1. The molecule has 1 N–H and O–H groups in total. The number of methoxy groups -OCH3 is 1. The molecule has 0 aromatic rings. The largest absolute Gasteiger partial charge is 0.469 e. The molecular formula is C10H17NO3. The lowest BCUT2D eigenvalue weighted by atomic mass is 9.84. The van der Waals surface area contributed by atoms with Crippen LogP contribution in [0.3, 0.4) is 0 Å². The van der Waals surface area contributed by atoms with E-state index in [4.69, 9.17) is 4.74 Å². The Hall–Kier alpha value is -1.06. The van der Waals surface area contributed by atoms with E-state index in [-0.39, 0.29) is 23.8 Å². The van der Waals surface area contributed by atoms with Crippen molar-refractivity contribution in [3.05, 3.63) is 0 Å². The first-order valence-corrected chi connectivity index (χ1v) is 5.00. The Balaban J connectivity index is 2.58. The zero-order valence-corrected chi connectivity index (χ0v) is 8.71. The van der Waals surface area contributed by atoms with Crippen LogP contribution in [0.1, 0.15) is 32.6 Å². The highest BCUT2D eigenvalue weighted by Gasteiger charge is 2.31. The van der Waals surface area contributed by atoms with Crippen molar-refractivity contribution in [1.29, 1.82) is 0 Å². The van der Waals surface area contributed by atoms with Crippen LogP contribution in [0.25, 0.3) is 0 Å². The second-order valence-electron chi connectivity index (χ2n) is 3.72. The Morgan fingerprint density at radius 1 is 1.29 bits per heavy atom. The second-order valence-corrected chi connectivity index (χ2v) is 3.72. The molecule has 1 fully saturated rings. The highest BCUT2D eigenvalue weighted by atomic mass is 16.5. The van der Waals surface area contributed by atoms with E-state index in [1.165, 1.54) is 14.0 Å². The van der Waals surface area contributed by atoms with Crippen LogP contribution in [0.2, 0.25) is 0 Å². The highest BCUT2D eigenvalue weighted by Crippen LogP contribution is 2.25. The van der Waals surface area contributed by atoms with E-state index < -0.39 is 0 Å². The van der Waals surface area contributed by atoms with Crippen LogP contribution >= 0.6 is 0 Å². The topological polar surface area (TPSA) is 55.4 Å². The molecule has 0 aromatic heterocycles. The number of esters is 1. The number of rotatable bonds is 2. The maximum Gasteiger partial charge on any atom is 0.310 e. The summed E-state index contributed by atoms with van der Waals surface area (Å²) in [5.41, 5.74) is 0. The summed E-state index contributed by atoms with van der Waals surface area (Å²) in [6.45, 7) is 1.48. The lowest BCUT2D eigenvalue weighted by Crippen LogP contribution is -2.44. The Morgan fingerprint density at radius 2 is 1.93 bits per heavy atom. The van der Waals surface area contributed by atoms with E-state index in [1.54, 1.807) is 0 Å². The zero-order valence-electron chi connectivity index (χ0n) is 8.71. The van der Waals surface area contributed by atoms with Gasteiger partial charge in [-0.05, 0) is 12.8 Å². The number of ether oxygens (including phenoxy) is 1. The number of amides is 1. The molecule has 80 valence electrons. The molecule has 14 heavy (non-hydrogen) atoms. The fourth-order valence-corrected chi connectivity index (χ4v) is 2.00. The van der Waals surface area contributed by atoms with Gasteiger partial charge in [-0.25, -0.2) is 0 Å². The van der Waals surface area contributed by atoms with Crippen molar-refractivity contribution in [3.63, 3.8) is 0 Å². The summed E-state index contributed by atoms with van der Waals surface area (Å²) in [6, 6.07) is -0.0336. The Bertz CT molecular complexity index is 227. The lowest BCUT2D eigenvalue weighted by molar-refractivity contribution is -0.147.